The topological polar surface area (TPSA) is 91.1 Å². The Morgan fingerprint density at radius 2 is 1.90 bits per heavy atom. The summed E-state index contributed by atoms with van der Waals surface area (Å²) in [5, 5.41) is -0.552. The summed E-state index contributed by atoms with van der Waals surface area (Å²) in [6, 6.07) is 6.87. The van der Waals surface area contributed by atoms with E-state index in [0.717, 1.165) is 0 Å². The molecule has 0 N–H and O–H groups in total. The van der Waals surface area contributed by atoms with Crippen LogP contribution in [0.25, 0.3) is 11.3 Å². The maximum atomic E-state index is 14.3. The Morgan fingerprint density at radius 1 is 1.19 bits per heavy atom. The van der Waals surface area contributed by atoms with Crippen molar-refractivity contribution in [2.45, 2.75) is 31.8 Å². The number of rotatable bonds is 6. The first-order chi connectivity index (χ1) is 14.5. The fourth-order valence-electron chi connectivity index (χ4n) is 2.67. The van der Waals surface area contributed by atoms with E-state index in [1.165, 1.54) is 28.8 Å². The molecule has 2 heterocycles. The van der Waals surface area contributed by atoms with Gasteiger partial charge in [0, 0.05) is 24.9 Å². The van der Waals surface area contributed by atoms with Crippen LogP contribution in [-0.4, -0.2) is 28.2 Å². The van der Waals surface area contributed by atoms with Crippen LogP contribution in [0, 0.1) is 12.7 Å². The number of nitrogens with zero attached hydrogens (tertiary/aromatic N) is 3. The molecule has 7 nitrogen and oxygen atoms in total. The smallest absolute Gasteiger partial charge is 0.322 e. The third kappa shape index (κ3) is 5.11. The number of hydrogen-bond acceptors (Lipinski definition) is 6. The number of hydrogen-bond donors (Lipinski definition) is 0. The lowest BCUT2D eigenvalue weighted by molar-refractivity contribution is 0.410. The van der Waals surface area contributed by atoms with E-state index in [4.69, 9.17) is 16.3 Å². The van der Waals surface area contributed by atoms with Crippen LogP contribution in [0.4, 0.5) is 4.39 Å². The Balaban J connectivity index is 2.14. The highest BCUT2D eigenvalue weighted by atomic mass is 35.5. The minimum Gasteiger partial charge on any atom is -0.420 e. The Labute approximate surface area is 184 Å². The van der Waals surface area contributed by atoms with Crippen molar-refractivity contribution in [2.75, 3.05) is 0 Å². The number of benzene rings is 1. The zero-order valence-corrected chi connectivity index (χ0v) is 19.0. The molecule has 10 heteroatoms. The Morgan fingerprint density at radius 3 is 2.55 bits per heavy atom. The van der Waals surface area contributed by atoms with Gasteiger partial charge >= 0.3 is 6.01 Å². The molecule has 0 aliphatic heterocycles. The van der Waals surface area contributed by atoms with E-state index in [-0.39, 0.29) is 33.8 Å². The van der Waals surface area contributed by atoms with Gasteiger partial charge in [-0.25, -0.2) is 12.8 Å². The van der Waals surface area contributed by atoms with E-state index < -0.39 is 20.9 Å². The molecule has 0 bridgehead atoms. The van der Waals surface area contributed by atoms with Crippen LogP contribution < -0.4 is 10.3 Å². The molecular formula is C21H21ClFN3O4S. The zero-order valence-electron chi connectivity index (χ0n) is 17.4. The van der Waals surface area contributed by atoms with Gasteiger partial charge in [-0.05, 0) is 44.5 Å². The van der Waals surface area contributed by atoms with Crippen LogP contribution in [0.5, 0.6) is 11.8 Å². The van der Waals surface area contributed by atoms with Crippen molar-refractivity contribution in [3.8, 4) is 23.0 Å². The first-order valence-corrected chi connectivity index (χ1v) is 11.5. The SMILES string of the molecule is Cc1ccc(F)c(Oc2nc(CS(=O)(=O)C(C)C)cc(-c3ccc(=O)n(C)c3)n2)c1Cl. The monoisotopic (exact) mass is 465 g/mol. The van der Waals surface area contributed by atoms with Crippen LogP contribution in [0.3, 0.4) is 0 Å². The maximum Gasteiger partial charge on any atom is 0.322 e. The molecule has 3 aromatic rings. The van der Waals surface area contributed by atoms with Crippen molar-refractivity contribution in [1.29, 1.82) is 0 Å². The number of sulfone groups is 1. The van der Waals surface area contributed by atoms with Gasteiger partial charge in [-0.15, -0.1) is 0 Å². The molecule has 0 aliphatic rings. The number of aryl methyl sites for hydroxylation is 2. The average Bonchev–Trinajstić information content (AvgIpc) is 2.69. The first-order valence-electron chi connectivity index (χ1n) is 9.37. The quantitative estimate of drug-likeness (QED) is 0.545. The number of ether oxygens (including phenoxy) is 1. The van der Waals surface area contributed by atoms with E-state index in [9.17, 15) is 17.6 Å². The minimum atomic E-state index is -3.48. The fourth-order valence-corrected chi connectivity index (χ4v) is 3.76. The summed E-state index contributed by atoms with van der Waals surface area (Å²) in [5.74, 6) is -1.31. The third-order valence-corrected chi connectivity index (χ3v) is 7.25. The molecule has 0 radical (unpaired) electrons. The first kappa shape index (κ1) is 22.9. The predicted octanol–water partition coefficient (Wildman–Crippen LogP) is 4.06. The van der Waals surface area contributed by atoms with Gasteiger partial charge in [0.25, 0.3) is 0 Å². The molecule has 31 heavy (non-hydrogen) atoms. The lowest BCUT2D eigenvalue weighted by Gasteiger charge is -2.13. The molecule has 164 valence electrons. The summed E-state index contributed by atoms with van der Waals surface area (Å²) in [6.45, 7) is 4.84. The van der Waals surface area contributed by atoms with Crippen molar-refractivity contribution < 1.29 is 17.5 Å². The maximum absolute atomic E-state index is 14.3. The second-order valence-corrected chi connectivity index (χ2v) is 10.3. The highest BCUT2D eigenvalue weighted by Gasteiger charge is 2.21. The van der Waals surface area contributed by atoms with Gasteiger partial charge in [-0.1, -0.05) is 17.7 Å². The van der Waals surface area contributed by atoms with Gasteiger partial charge < -0.3 is 9.30 Å². The van der Waals surface area contributed by atoms with Crippen LogP contribution in [0.1, 0.15) is 25.1 Å². The normalized spacial score (nSPS) is 11.7. The number of pyridine rings is 1. The number of halogens is 2. The Bertz CT molecular complexity index is 1310. The molecule has 0 amide bonds. The lowest BCUT2D eigenvalue weighted by atomic mass is 10.2. The van der Waals surface area contributed by atoms with Gasteiger partial charge in [0.05, 0.1) is 27.4 Å². The standard InChI is InChI=1S/C21H21ClFN3O4S/c1-12(2)31(28,29)11-15-9-17(14-6-8-18(27)26(4)10-14)25-21(24-15)30-20-16(23)7-5-13(3)19(20)22/h5-10,12H,11H2,1-4H3. The van der Waals surface area contributed by atoms with E-state index in [0.29, 0.717) is 16.8 Å². The summed E-state index contributed by atoms with van der Waals surface area (Å²) in [4.78, 5) is 20.2. The van der Waals surface area contributed by atoms with E-state index in [1.807, 2.05) is 0 Å². The van der Waals surface area contributed by atoms with Crippen LogP contribution in [0.2, 0.25) is 5.02 Å². The molecule has 0 saturated heterocycles. The van der Waals surface area contributed by atoms with Gasteiger partial charge in [0.1, 0.15) is 0 Å². The second kappa shape index (κ2) is 8.76. The molecule has 0 saturated carbocycles. The summed E-state index contributed by atoms with van der Waals surface area (Å²) in [7, 11) is -1.90. The largest absolute Gasteiger partial charge is 0.420 e. The van der Waals surface area contributed by atoms with E-state index in [1.54, 1.807) is 40.1 Å². The van der Waals surface area contributed by atoms with Gasteiger partial charge in [0.2, 0.25) is 5.56 Å². The molecule has 2 aromatic heterocycles. The highest BCUT2D eigenvalue weighted by Crippen LogP contribution is 2.34. The fraction of sp³-hybridized carbons (Fsp3) is 0.286. The van der Waals surface area contributed by atoms with Crippen molar-refractivity contribution in [1.82, 2.24) is 14.5 Å². The van der Waals surface area contributed by atoms with Crippen molar-refractivity contribution >= 4 is 21.4 Å². The molecule has 0 fully saturated rings. The minimum absolute atomic E-state index is 0.0625. The van der Waals surface area contributed by atoms with Gasteiger partial charge in [0.15, 0.2) is 21.4 Å². The van der Waals surface area contributed by atoms with Crippen molar-refractivity contribution in [3.05, 3.63) is 69.0 Å². The molecule has 1 aromatic carbocycles. The van der Waals surface area contributed by atoms with Gasteiger partial charge in [-0.2, -0.15) is 9.97 Å². The predicted molar refractivity (Wildman–Crippen MR) is 117 cm³/mol. The van der Waals surface area contributed by atoms with Crippen molar-refractivity contribution in [3.63, 3.8) is 0 Å². The summed E-state index contributed by atoms with van der Waals surface area (Å²) in [6.07, 6.45) is 1.55. The van der Waals surface area contributed by atoms with Crippen LogP contribution in [-0.2, 0) is 22.6 Å². The molecule has 0 unspecified atom stereocenters. The summed E-state index contributed by atoms with van der Waals surface area (Å²) < 4.78 is 46.1. The second-order valence-electron chi connectivity index (χ2n) is 7.36. The van der Waals surface area contributed by atoms with Crippen LogP contribution in [0.15, 0.2) is 41.3 Å². The molecular weight excluding hydrogens is 445 g/mol. The van der Waals surface area contributed by atoms with Crippen molar-refractivity contribution in [2.24, 2.45) is 7.05 Å². The summed E-state index contributed by atoms with van der Waals surface area (Å²) >= 11 is 6.18. The lowest BCUT2D eigenvalue weighted by Crippen LogP contribution is -2.17. The molecule has 0 spiro atoms. The highest BCUT2D eigenvalue weighted by molar-refractivity contribution is 7.91. The average molecular weight is 466 g/mol. The van der Waals surface area contributed by atoms with Gasteiger partial charge in [-0.3, -0.25) is 4.79 Å². The van der Waals surface area contributed by atoms with Crippen LogP contribution >= 0.6 is 11.6 Å². The summed E-state index contributed by atoms with van der Waals surface area (Å²) in [5.41, 5.74) is 1.40. The van der Waals surface area contributed by atoms with E-state index >= 15 is 0 Å². The zero-order chi connectivity index (χ0) is 22.9. The Hall–Kier alpha value is -2.78. The molecule has 0 aliphatic carbocycles. The molecule has 0 atom stereocenters. The number of aromatic nitrogens is 3. The van der Waals surface area contributed by atoms with E-state index in [2.05, 4.69) is 9.97 Å². The molecule has 3 rings (SSSR count). The third-order valence-electron chi connectivity index (χ3n) is 4.64. The Kier molecular flexibility index (Phi) is 6.47.